The lowest BCUT2D eigenvalue weighted by Gasteiger charge is -2.01. The molecule has 1 nitrogen and oxygen atoms in total. The fourth-order valence-electron chi connectivity index (χ4n) is 1.90. The average Bonchev–Trinajstić information content (AvgIpc) is 2.26. The van der Waals surface area contributed by atoms with E-state index in [-0.39, 0.29) is 0 Å². The quantitative estimate of drug-likeness (QED) is 0.496. The molecule has 15 heavy (non-hydrogen) atoms. The molecule has 0 N–H and O–H groups in total. The summed E-state index contributed by atoms with van der Waals surface area (Å²) >= 11 is 0. The van der Waals surface area contributed by atoms with Crippen LogP contribution in [0.25, 0.3) is 21.8 Å². The van der Waals surface area contributed by atoms with Crippen molar-refractivity contribution in [3.05, 3.63) is 54.1 Å². The first-order chi connectivity index (χ1) is 7.33. The Labute approximate surface area is 88.4 Å². The number of rotatable bonds is 0. The Kier molecular flexibility index (Phi) is 1.72. The summed E-state index contributed by atoms with van der Waals surface area (Å²) < 4.78 is 0. The Morgan fingerprint density at radius 3 is 2.53 bits per heavy atom. The van der Waals surface area contributed by atoms with E-state index in [9.17, 15) is 0 Å². The molecular weight excluding hydrogens is 182 g/mol. The normalized spacial score (nSPS) is 11.0. The minimum absolute atomic E-state index is 1.06. The molecule has 0 atom stereocenters. The van der Waals surface area contributed by atoms with Crippen LogP contribution >= 0.6 is 0 Å². The highest BCUT2D eigenvalue weighted by Crippen LogP contribution is 2.20. The lowest BCUT2D eigenvalue weighted by atomic mass is 10.1. The Balaban J connectivity index is 2.47. The number of fused-ring (bicyclic) bond motifs is 2. The van der Waals surface area contributed by atoms with Crippen LogP contribution in [-0.4, -0.2) is 4.98 Å². The summed E-state index contributed by atoms with van der Waals surface area (Å²) in [5, 5.41) is 2.42. The predicted molar refractivity (Wildman–Crippen MR) is 64.0 cm³/mol. The van der Waals surface area contributed by atoms with Crippen molar-refractivity contribution in [2.45, 2.75) is 6.92 Å². The maximum Gasteiger partial charge on any atom is 0.0709 e. The third-order valence-electron chi connectivity index (χ3n) is 2.67. The predicted octanol–water partition coefficient (Wildman–Crippen LogP) is 3.70. The second kappa shape index (κ2) is 3.06. The SMILES string of the molecule is Cc1ccc2nc3ccccc3cc2c1. The van der Waals surface area contributed by atoms with Crippen molar-refractivity contribution in [1.29, 1.82) is 0 Å². The van der Waals surface area contributed by atoms with Crippen LogP contribution in [0, 0.1) is 6.92 Å². The van der Waals surface area contributed by atoms with E-state index < -0.39 is 0 Å². The standard InChI is InChI=1S/C14H11N/c1-10-6-7-14-12(8-10)9-11-4-2-3-5-13(11)15-14/h2-9H,1H3. The van der Waals surface area contributed by atoms with Crippen molar-refractivity contribution < 1.29 is 0 Å². The fourth-order valence-corrected chi connectivity index (χ4v) is 1.90. The van der Waals surface area contributed by atoms with E-state index >= 15 is 0 Å². The molecule has 0 radical (unpaired) electrons. The summed E-state index contributed by atoms with van der Waals surface area (Å²) in [4.78, 5) is 4.62. The van der Waals surface area contributed by atoms with Crippen LogP contribution < -0.4 is 0 Å². The van der Waals surface area contributed by atoms with E-state index in [1.807, 2.05) is 12.1 Å². The molecule has 0 unspecified atom stereocenters. The Morgan fingerprint density at radius 2 is 1.60 bits per heavy atom. The van der Waals surface area contributed by atoms with Gasteiger partial charge in [0.25, 0.3) is 0 Å². The van der Waals surface area contributed by atoms with Gasteiger partial charge in [0.1, 0.15) is 0 Å². The number of aryl methyl sites for hydroxylation is 1. The van der Waals surface area contributed by atoms with Crippen LogP contribution in [0.1, 0.15) is 5.56 Å². The molecule has 0 aliphatic rings. The van der Waals surface area contributed by atoms with Gasteiger partial charge in [0.15, 0.2) is 0 Å². The van der Waals surface area contributed by atoms with Crippen LogP contribution in [0.4, 0.5) is 0 Å². The van der Waals surface area contributed by atoms with Gasteiger partial charge in [-0.2, -0.15) is 0 Å². The number of hydrogen-bond acceptors (Lipinski definition) is 1. The molecule has 1 heteroatoms. The summed E-state index contributed by atoms with van der Waals surface area (Å²) in [5.41, 5.74) is 3.41. The van der Waals surface area contributed by atoms with Crippen molar-refractivity contribution in [2.75, 3.05) is 0 Å². The molecule has 1 heterocycles. The molecule has 0 bridgehead atoms. The molecule has 0 fully saturated rings. The maximum absolute atomic E-state index is 4.62. The zero-order valence-electron chi connectivity index (χ0n) is 8.57. The molecule has 1 aromatic heterocycles. The summed E-state index contributed by atoms with van der Waals surface area (Å²) in [7, 11) is 0. The van der Waals surface area contributed by atoms with Gasteiger partial charge >= 0.3 is 0 Å². The van der Waals surface area contributed by atoms with E-state index in [1.54, 1.807) is 0 Å². The van der Waals surface area contributed by atoms with Crippen LogP contribution in [0.5, 0.6) is 0 Å². The lowest BCUT2D eigenvalue weighted by Crippen LogP contribution is -1.82. The van der Waals surface area contributed by atoms with Gasteiger partial charge in [-0.3, -0.25) is 0 Å². The molecule has 3 rings (SSSR count). The molecule has 72 valence electrons. The summed E-state index contributed by atoms with van der Waals surface area (Å²) in [5.74, 6) is 0. The molecule has 0 aliphatic carbocycles. The van der Waals surface area contributed by atoms with Gasteiger partial charge in [0, 0.05) is 10.8 Å². The van der Waals surface area contributed by atoms with E-state index in [4.69, 9.17) is 0 Å². The van der Waals surface area contributed by atoms with Crippen molar-refractivity contribution in [3.8, 4) is 0 Å². The molecule has 0 saturated carbocycles. The van der Waals surface area contributed by atoms with Gasteiger partial charge in [-0.15, -0.1) is 0 Å². The topological polar surface area (TPSA) is 12.9 Å². The highest BCUT2D eigenvalue weighted by atomic mass is 14.7. The summed E-state index contributed by atoms with van der Waals surface area (Å²) in [6.07, 6.45) is 0. The van der Waals surface area contributed by atoms with Crippen molar-refractivity contribution in [1.82, 2.24) is 4.98 Å². The van der Waals surface area contributed by atoms with Gasteiger partial charge in [-0.25, -0.2) is 4.98 Å². The molecule has 3 aromatic rings. The molecule has 0 amide bonds. The van der Waals surface area contributed by atoms with Gasteiger partial charge in [-0.1, -0.05) is 29.8 Å². The second-order valence-electron chi connectivity index (χ2n) is 3.88. The number of nitrogens with zero attached hydrogens (tertiary/aromatic N) is 1. The second-order valence-corrected chi connectivity index (χ2v) is 3.88. The van der Waals surface area contributed by atoms with Crippen LogP contribution in [0.15, 0.2) is 48.5 Å². The van der Waals surface area contributed by atoms with Crippen LogP contribution in [0.3, 0.4) is 0 Å². The third-order valence-corrected chi connectivity index (χ3v) is 2.67. The van der Waals surface area contributed by atoms with Gasteiger partial charge in [0.05, 0.1) is 11.0 Å². The first-order valence-corrected chi connectivity index (χ1v) is 5.09. The Morgan fingerprint density at radius 1 is 0.800 bits per heavy atom. The maximum atomic E-state index is 4.62. The summed E-state index contributed by atoms with van der Waals surface area (Å²) in [6, 6.07) is 16.8. The summed E-state index contributed by atoms with van der Waals surface area (Å²) in [6.45, 7) is 2.11. The number of benzene rings is 2. The number of hydrogen-bond donors (Lipinski definition) is 0. The van der Waals surface area contributed by atoms with Crippen LogP contribution in [0.2, 0.25) is 0 Å². The van der Waals surface area contributed by atoms with Gasteiger partial charge in [0.2, 0.25) is 0 Å². The largest absolute Gasteiger partial charge is 0.248 e. The van der Waals surface area contributed by atoms with Gasteiger partial charge < -0.3 is 0 Å². The van der Waals surface area contributed by atoms with E-state index in [0.29, 0.717) is 0 Å². The number of pyridine rings is 1. The van der Waals surface area contributed by atoms with E-state index in [2.05, 4.69) is 48.3 Å². The monoisotopic (exact) mass is 193 g/mol. The van der Waals surface area contributed by atoms with Crippen molar-refractivity contribution in [3.63, 3.8) is 0 Å². The number of para-hydroxylation sites is 1. The number of aromatic nitrogens is 1. The lowest BCUT2D eigenvalue weighted by molar-refractivity contribution is 1.45. The highest BCUT2D eigenvalue weighted by Gasteiger charge is 1.98. The van der Waals surface area contributed by atoms with E-state index in [0.717, 1.165) is 11.0 Å². The molecule has 0 spiro atoms. The minimum atomic E-state index is 1.06. The third kappa shape index (κ3) is 1.37. The first-order valence-electron chi connectivity index (χ1n) is 5.09. The van der Waals surface area contributed by atoms with E-state index in [1.165, 1.54) is 16.3 Å². The Bertz CT molecular complexity index is 641. The van der Waals surface area contributed by atoms with Crippen LogP contribution in [-0.2, 0) is 0 Å². The smallest absolute Gasteiger partial charge is 0.0709 e. The van der Waals surface area contributed by atoms with Gasteiger partial charge in [-0.05, 0) is 31.2 Å². The molecule has 2 aromatic carbocycles. The average molecular weight is 193 g/mol. The molecule has 0 aliphatic heterocycles. The fraction of sp³-hybridized carbons (Fsp3) is 0.0714. The van der Waals surface area contributed by atoms with Crippen molar-refractivity contribution >= 4 is 21.8 Å². The zero-order valence-corrected chi connectivity index (χ0v) is 8.57. The molecule has 0 saturated heterocycles. The Hall–Kier alpha value is -1.89. The molecular formula is C14H11N. The first kappa shape index (κ1) is 8.42. The minimum Gasteiger partial charge on any atom is -0.248 e. The zero-order chi connectivity index (χ0) is 10.3. The highest BCUT2D eigenvalue weighted by molar-refractivity contribution is 5.92. The van der Waals surface area contributed by atoms with Crippen molar-refractivity contribution in [2.24, 2.45) is 0 Å².